The maximum absolute atomic E-state index is 13.6. The molecule has 0 saturated carbocycles. The summed E-state index contributed by atoms with van der Waals surface area (Å²) in [5.74, 6) is -1.01. The highest BCUT2D eigenvalue weighted by Crippen LogP contribution is 2.23. The minimum atomic E-state index is -0.970. The number of fused-ring (bicyclic) bond motifs is 1. The number of nitrogens with one attached hydrogen (secondary N) is 1. The number of aryl methyl sites for hydroxylation is 2. The third-order valence-electron chi connectivity index (χ3n) is 5.65. The predicted octanol–water partition coefficient (Wildman–Crippen LogP) is 3.85. The van der Waals surface area contributed by atoms with Crippen LogP contribution in [-0.4, -0.2) is 37.9 Å². The summed E-state index contributed by atoms with van der Waals surface area (Å²) >= 11 is 0. The number of carboxylic acids is 1. The van der Waals surface area contributed by atoms with Crippen LogP contribution in [0.15, 0.2) is 48.9 Å². The summed E-state index contributed by atoms with van der Waals surface area (Å²) in [5, 5.41) is 12.6. The molecule has 4 rings (SSSR count). The highest BCUT2D eigenvalue weighted by atomic mass is 19.1. The van der Waals surface area contributed by atoms with Gasteiger partial charge < -0.3 is 15.0 Å². The first kappa shape index (κ1) is 21.7. The summed E-state index contributed by atoms with van der Waals surface area (Å²) in [4.78, 5) is 32.8. The van der Waals surface area contributed by atoms with E-state index in [0.717, 1.165) is 30.9 Å². The molecule has 0 aliphatic carbocycles. The molecule has 7 nitrogen and oxygen atoms in total. The number of halogens is 1. The molecule has 0 radical (unpaired) electrons. The van der Waals surface area contributed by atoms with Gasteiger partial charge in [0.25, 0.3) is 0 Å². The topological polar surface area (TPSA) is 97.1 Å². The summed E-state index contributed by atoms with van der Waals surface area (Å²) in [6.45, 7) is 1.20. The molecule has 8 heteroatoms. The maximum Gasteiger partial charge on any atom is 0.304 e. The number of Topliss-reactive ketones (excluding diaryl/α,β-unsaturated/α-hetero) is 1. The molecule has 2 aromatic heterocycles. The van der Waals surface area contributed by atoms with Gasteiger partial charge in [0.2, 0.25) is 0 Å². The highest BCUT2D eigenvalue weighted by Gasteiger charge is 2.19. The van der Waals surface area contributed by atoms with Crippen LogP contribution in [0.2, 0.25) is 0 Å². The van der Waals surface area contributed by atoms with E-state index in [-0.39, 0.29) is 25.2 Å². The molecule has 166 valence electrons. The molecule has 0 fully saturated rings. The number of anilines is 1. The Kier molecular flexibility index (Phi) is 6.58. The van der Waals surface area contributed by atoms with E-state index in [0.29, 0.717) is 17.7 Å². The van der Waals surface area contributed by atoms with Crippen molar-refractivity contribution in [3.63, 3.8) is 0 Å². The van der Waals surface area contributed by atoms with E-state index in [4.69, 9.17) is 0 Å². The van der Waals surface area contributed by atoms with Crippen molar-refractivity contribution in [1.29, 1.82) is 0 Å². The molecule has 0 spiro atoms. The van der Waals surface area contributed by atoms with Crippen LogP contribution in [0.1, 0.15) is 52.5 Å². The first-order chi connectivity index (χ1) is 15.5. The summed E-state index contributed by atoms with van der Waals surface area (Å²) < 4.78 is 15.3. The number of imidazole rings is 1. The molecular weight excluding hydrogens is 411 g/mol. The van der Waals surface area contributed by atoms with E-state index in [2.05, 4.69) is 21.4 Å². The summed E-state index contributed by atoms with van der Waals surface area (Å²) in [6, 6.07) is 9.97. The van der Waals surface area contributed by atoms with Gasteiger partial charge in [-0.05, 0) is 48.6 Å². The number of hydrogen-bond donors (Lipinski definition) is 2. The predicted molar refractivity (Wildman–Crippen MR) is 117 cm³/mol. The molecule has 0 saturated heterocycles. The Morgan fingerprint density at radius 3 is 2.94 bits per heavy atom. The number of pyridine rings is 1. The molecule has 3 heterocycles. The van der Waals surface area contributed by atoms with Gasteiger partial charge in [-0.15, -0.1) is 0 Å². The molecule has 0 bridgehead atoms. The van der Waals surface area contributed by atoms with Gasteiger partial charge in [-0.25, -0.2) is 14.4 Å². The van der Waals surface area contributed by atoms with Crippen LogP contribution in [0.5, 0.6) is 0 Å². The number of aromatic nitrogens is 3. The zero-order chi connectivity index (χ0) is 22.5. The SMILES string of the molecule is O=C(O)CC(Cn1cnc(C(=O)CCc2ccc3c(n2)NCCC3)c1)c1cccc(F)c1. The quantitative estimate of drug-likeness (QED) is 0.495. The van der Waals surface area contributed by atoms with Crippen LogP contribution in [-0.2, 0) is 24.2 Å². The van der Waals surface area contributed by atoms with Gasteiger partial charge >= 0.3 is 5.97 Å². The molecular formula is C24H25FN4O3. The lowest BCUT2D eigenvalue weighted by Gasteiger charge is -2.17. The monoisotopic (exact) mass is 436 g/mol. The lowest BCUT2D eigenvalue weighted by molar-refractivity contribution is -0.137. The van der Waals surface area contributed by atoms with Gasteiger partial charge in [0.1, 0.15) is 17.3 Å². The molecule has 1 aromatic carbocycles. The summed E-state index contributed by atoms with van der Waals surface area (Å²) in [5.41, 5.74) is 2.99. The Morgan fingerprint density at radius 1 is 1.25 bits per heavy atom. The van der Waals surface area contributed by atoms with E-state index >= 15 is 0 Å². The molecule has 32 heavy (non-hydrogen) atoms. The second-order valence-corrected chi connectivity index (χ2v) is 8.07. The van der Waals surface area contributed by atoms with Crippen molar-refractivity contribution in [1.82, 2.24) is 14.5 Å². The normalized spacial score (nSPS) is 13.8. The van der Waals surface area contributed by atoms with Gasteiger partial charge in [0.15, 0.2) is 5.78 Å². The zero-order valence-corrected chi connectivity index (χ0v) is 17.6. The largest absolute Gasteiger partial charge is 0.481 e. The van der Waals surface area contributed by atoms with Crippen LogP contribution in [0.4, 0.5) is 10.2 Å². The Balaban J connectivity index is 1.39. The number of aliphatic carboxylic acids is 1. The number of rotatable bonds is 9. The molecule has 3 aromatic rings. The molecule has 1 aliphatic heterocycles. The van der Waals surface area contributed by atoms with Crippen molar-refractivity contribution >= 4 is 17.6 Å². The van der Waals surface area contributed by atoms with Gasteiger partial charge in [-0.2, -0.15) is 0 Å². The van der Waals surface area contributed by atoms with Crippen LogP contribution in [0.3, 0.4) is 0 Å². The lowest BCUT2D eigenvalue weighted by atomic mass is 9.95. The Bertz CT molecular complexity index is 1130. The van der Waals surface area contributed by atoms with Gasteiger partial charge in [-0.1, -0.05) is 18.2 Å². The number of hydrogen-bond acceptors (Lipinski definition) is 5. The third kappa shape index (κ3) is 5.38. The Hall–Kier alpha value is -3.55. The molecule has 2 N–H and O–H groups in total. The van der Waals surface area contributed by atoms with Crippen LogP contribution >= 0.6 is 0 Å². The van der Waals surface area contributed by atoms with Gasteiger partial charge in [0.05, 0.1) is 12.7 Å². The van der Waals surface area contributed by atoms with Crippen molar-refractivity contribution in [2.45, 2.75) is 44.6 Å². The van der Waals surface area contributed by atoms with Crippen molar-refractivity contribution in [2.75, 3.05) is 11.9 Å². The first-order valence-electron chi connectivity index (χ1n) is 10.7. The fraction of sp³-hybridized carbons (Fsp3) is 0.333. The van der Waals surface area contributed by atoms with Crippen molar-refractivity contribution in [3.8, 4) is 0 Å². The summed E-state index contributed by atoms with van der Waals surface area (Å²) in [6.07, 6.45) is 5.91. The number of carbonyl (C=O) groups excluding carboxylic acids is 1. The average molecular weight is 436 g/mol. The highest BCUT2D eigenvalue weighted by molar-refractivity contribution is 5.94. The van der Waals surface area contributed by atoms with E-state index in [1.165, 1.54) is 24.0 Å². The van der Waals surface area contributed by atoms with E-state index in [1.54, 1.807) is 22.9 Å². The molecule has 0 amide bonds. The lowest BCUT2D eigenvalue weighted by Crippen LogP contribution is -2.14. The fourth-order valence-corrected chi connectivity index (χ4v) is 4.00. The van der Waals surface area contributed by atoms with Gasteiger partial charge in [-0.3, -0.25) is 9.59 Å². The second-order valence-electron chi connectivity index (χ2n) is 8.07. The zero-order valence-electron chi connectivity index (χ0n) is 17.6. The van der Waals surface area contributed by atoms with Crippen molar-refractivity contribution in [2.24, 2.45) is 0 Å². The van der Waals surface area contributed by atoms with E-state index < -0.39 is 17.7 Å². The Labute approximate surface area is 185 Å². The van der Waals surface area contributed by atoms with Crippen molar-refractivity contribution in [3.05, 3.63) is 77.3 Å². The number of carboxylic acid groups (broad SMARTS) is 1. The van der Waals surface area contributed by atoms with Gasteiger partial charge in [0, 0.05) is 37.3 Å². The third-order valence-corrected chi connectivity index (χ3v) is 5.65. The van der Waals surface area contributed by atoms with Crippen LogP contribution < -0.4 is 5.32 Å². The maximum atomic E-state index is 13.6. The van der Waals surface area contributed by atoms with Crippen LogP contribution in [0.25, 0.3) is 0 Å². The number of carbonyl (C=O) groups is 2. The minimum absolute atomic E-state index is 0.100. The fourth-order valence-electron chi connectivity index (χ4n) is 4.00. The molecule has 1 aliphatic rings. The number of ketones is 1. The second kappa shape index (κ2) is 9.72. The smallest absolute Gasteiger partial charge is 0.304 e. The Morgan fingerprint density at radius 2 is 2.12 bits per heavy atom. The molecule has 1 atom stereocenters. The van der Waals surface area contributed by atoms with E-state index in [9.17, 15) is 19.1 Å². The number of nitrogens with zero attached hydrogens (tertiary/aromatic N) is 3. The minimum Gasteiger partial charge on any atom is -0.481 e. The van der Waals surface area contributed by atoms with Crippen molar-refractivity contribution < 1.29 is 19.1 Å². The standard InChI is InChI=1S/C24H25FN4O3/c25-19-5-1-3-17(11-19)18(12-23(31)32)13-29-14-21(27-15-29)22(30)9-8-20-7-6-16-4-2-10-26-24(16)28-20/h1,3,5-7,11,14-15,18H,2,4,8-10,12-13H2,(H,26,28)(H,31,32). The van der Waals surface area contributed by atoms with Crippen LogP contribution in [0, 0.1) is 5.82 Å². The van der Waals surface area contributed by atoms with E-state index in [1.807, 2.05) is 6.07 Å². The average Bonchev–Trinajstić information content (AvgIpc) is 3.25. The first-order valence-corrected chi connectivity index (χ1v) is 10.7. The molecule has 1 unspecified atom stereocenters. The number of benzene rings is 1. The summed E-state index contributed by atoms with van der Waals surface area (Å²) in [7, 11) is 0.